The number of nitrogens with one attached hydrogen (secondary N) is 1. The average molecular weight is 271 g/mol. The van der Waals surface area contributed by atoms with Gasteiger partial charge in [0.25, 0.3) is 0 Å². The quantitative estimate of drug-likeness (QED) is 0.291. The SMILES string of the molecule is C#CCN[C@@H]1CCc2ccc(/C=[N+](\O)C(C)(C)C)cc21. The first-order chi connectivity index (χ1) is 9.41. The number of benzene rings is 1. The molecule has 0 bridgehead atoms. The predicted molar refractivity (Wildman–Crippen MR) is 81.3 cm³/mol. The molecule has 0 saturated heterocycles. The fourth-order valence-corrected chi connectivity index (χ4v) is 2.43. The number of aryl methyl sites for hydroxylation is 1. The first-order valence-corrected chi connectivity index (χ1v) is 7.04. The largest absolute Gasteiger partial charge is 0.299 e. The van der Waals surface area contributed by atoms with Gasteiger partial charge in [-0.2, -0.15) is 0 Å². The van der Waals surface area contributed by atoms with Crippen molar-refractivity contribution in [1.29, 1.82) is 0 Å². The number of hydroxylamine groups is 1. The van der Waals surface area contributed by atoms with Gasteiger partial charge in [0.15, 0.2) is 0 Å². The van der Waals surface area contributed by atoms with E-state index in [0.717, 1.165) is 18.4 Å². The van der Waals surface area contributed by atoms with Crippen molar-refractivity contribution in [2.75, 3.05) is 6.54 Å². The zero-order valence-corrected chi connectivity index (χ0v) is 12.5. The minimum absolute atomic E-state index is 0.305. The van der Waals surface area contributed by atoms with E-state index in [1.54, 1.807) is 6.21 Å². The highest BCUT2D eigenvalue weighted by Crippen LogP contribution is 2.31. The van der Waals surface area contributed by atoms with Crippen LogP contribution in [0.4, 0.5) is 0 Å². The number of nitrogens with zero attached hydrogens (tertiary/aromatic N) is 1. The van der Waals surface area contributed by atoms with Crippen molar-refractivity contribution in [3.63, 3.8) is 0 Å². The summed E-state index contributed by atoms with van der Waals surface area (Å²) in [5, 5.41) is 13.4. The summed E-state index contributed by atoms with van der Waals surface area (Å²) in [5.74, 6) is 2.62. The summed E-state index contributed by atoms with van der Waals surface area (Å²) in [5.41, 5.74) is 3.38. The molecule has 0 fully saturated rings. The highest BCUT2D eigenvalue weighted by Gasteiger charge is 2.25. The van der Waals surface area contributed by atoms with Gasteiger partial charge in [-0.15, -0.1) is 6.42 Å². The molecule has 0 heterocycles. The highest BCUT2D eigenvalue weighted by molar-refractivity contribution is 5.76. The third-order valence-electron chi connectivity index (χ3n) is 3.66. The van der Waals surface area contributed by atoms with Crippen LogP contribution in [0, 0.1) is 12.3 Å². The second kappa shape index (κ2) is 5.68. The Labute approximate surface area is 121 Å². The molecule has 0 saturated carbocycles. The minimum atomic E-state index is -0.305. The summed E-state index contributed by atoms with van der Waals surface area (Å²) >= 11 is 0. The van der Waals surface area contributed by atoms with Crippen molar-refractivity contribution >= 4 is 6.21 Å². The fourth-order valence-electron chi connectivity index (χ4n) is 2.43. The molecule has 0 amide bonds. The average Bonchev–Trinajstić information content (AvgIpc) is 2.77. The second-order valence-electron chi connectivity index (χ2n) is 6.28. The summed E-state index contributed by atoms with van der Waals surface area (Å²) in [6.07, 6.45) is 9.26. The first kappa shape index (κ1) is 14.6. The molecule has 0 aromatic heterocycles. The van der Waals surface area contributed by atoms with Crippen LogP contribution in [0.1, 0.15) is 49.9 Å². The van der Waals surface area contributed by atoms with Gasteiger partial charge in [-0.05, 0) is 40.8 Å². The van der Waals surface area contributed by atoms with Gasteiger partial charge in [-0.3, -0.25) is 10.5 Å². The third kappa shape index (κ3) is 3.20. The predicted octanol–water partition coefficient (Wildman–Crippen LogP) is 2.52. The lowest BCUT2D eigenvalue weighted by Gasteiger charge is -2.12. The molecule has 2 rings (SSSR count). The Morgan fingerprint density at radius 3 is 2.90 bits per heavy atom. The molecule has 1 aliphatic carbocycles. The number of hydrogen-bond donors (Lipinski definition) is 2. The molecule has 0 spiro atoms. The van der Waals surface area contributed by atoms with Gasteiger partial charge in [0.05, 0.1) is 6.54 Å². The zero-order chi connectivity index (χ0) is 14.8. The highest BCUT2D eigenvalue weighted by atomic mass is 16.5. The summed E-state index contributed by atoms with van der Waals surface area (Å²) < 4.78 is 1.26. The van der Waals surface area contributed by atoms with Crippen LogP contribution in [0.15, 0.2) is 18.2 Å². The maximum Gasteiger partial charge on any atom is 0.223 e. The van der Waals surface area contributed by atoms with E-state index in [9.17, 15) is 5.21 Å². The Hall–Kier alpha value is -1.79. The molecular weight excluding hydrogens is 248 g/mol. The van der Waals surface area contributed by atoms with Gasteiger partial charge >= 0.3 is 0 Å². The van der Waals surface area contributed by atoms with Gasteiger partial charge < -0.3 is 0 Å². The second-order valence-corrected chi connectivity index (χ2v) is 6.28. The molecule has 0 radical (unpaired) electrons. The van der Waals surface area contributed by atoms with E-state index in [0.29, 0.717) is 12.6 Å². The fraction of sp³-hybridized carbons (Fsp3) is 0.471. The molecule has 2 N–H and O–H groups in total. The van der Waals surface area contributed by atoms with Gasteiger partial charge in [0.2, 0.25) is 11.8 Å². The van der Waals surface area contributed by atoms with Gasteiger partial charge in [0.1, 0.15) is 0 Å². The molecule has 106 valence electrons. The Bertz CT molecular complexity index is 561. The van der Waals surface area contributed by atoms with Crippen LogP contribution in [-0.4, -0.2) is 28.2 Å². The lowest BCUT2D eigenvalue weighted by Crippen LogP contribution is -2.31. The topological polar surface area (TPSA) is 35.3 Å². The molecule has 20 heavy (non-hydrogen) atoms. The van der Waals surface area contributed by atoms with E-state index in [1.165, 1.54) is 15.9 Å². The first-order valence-electron chi connectivity index (χ1n) is 7.04. The van der Waals surface area contributed by atoms with Gasteiger partial charge in [-0.1, -0.05) is 12.0 Å². The van der Waals surface area contributed by atoms with Crippen molar-refractivity contribution in [3.05, 3.63) is 34.9 Å². The Balaban J connectivity index is 2.26. The van der Waals surface area contributed by atoms with Crippen LogP contribution in [-0.2, 0) is 6.42 Å². The van der Waals surface area contributed by atoms with Crippen LogP contribution >= 0.6 is 0 Å². The molecule has 0 aliphatic heterocycles. The standard InChI is InChI=1S/C17H23N2O/c1-5-10-18-16-9-8-14-7-6-13(11-15(14)16)12-19(20)17(2,3)4/h1,6-7,11-12,16,18,20H,8-10H2,2-4H3/q+1/b19-12-/t16-/m1/s1. The Kier molecular flexibility index (Phi) is 4.15. The van der Waals surface area contributed by atoms with E-state index in [-0.39, 0.29) is 5.54 Å². The van der Waals surface area contributed by atoms with Crippen LogP contribution in [0.5, 0.6) is 0 Å². The summed E-state index contributed by atoms with van der Waals surface area (Å²) in [4.78, 5) is 0. The van der Waals surface area contributed by atoms with Crippen molar-refractivity contribution in [2.24, 2.45) is 0 Å². The number of terminal acetylenes is 1. The van der Waals surface area contributed by atoms with E-state index in [1.807, 2.05) is 20.8 Å². The van der Waals surface area contributed by atoms with Crippen LogP contribution in [0.2, 0.25) is 0 Å². The Morgan fingerprint density at radius 2 is 2.25 bits per heavy atom. The lowest BCUT2D eigenvalue weighted by atomic mass is 10.0. The molecular formula is C17H23N2O+. The number of rotatable bonds is 3. The maximum absolute atomic E-state index is 10.0. The monoisotopic (exact) mass is 271 g/mol. The Morgan fingerprint density at radius 1 is 1.50 bits per heavy atom. The van der Waals surface area contributed by atoms with Gasteiger partial charge in [0, 0.05) is 32.4 Å². The normalized spacial score (nSPS) is 18.7. The summed E-state index contributed by atoms with van der Waals surface area (Å²) in [7, 11) is 0. The smallest absolute Gasteiger partial charge is 0.223 e. The van der Waals surface area contributed by atoms with Crippen LogP contribution in [0.25, 0.3) is 0 Å². The summed E-state index contributed by atoms with van der Waals surface area (Å²) in [6, 6.07) is 6.68. The van der Waals surface area contributed by atoms with E-state index >= 15 is 0 Å². The summed E-state index contributed by atoms with van der Waals surface area (Å²) in [6.45, 7) is 6.49. The molecule has 3 heteroatoms. The lowest BCUT2D eigenvalue weighted by molar-refractivity contribution is -0.816. The van der Waals surface area contributed by atoms with Crippen LogP contribution < -0.4 is 5.32 Å². The van der Waals surface area contributed by atoms with E-state index in [4.69, 9.17) is 6.42 Å². The van der Waals surface area contributed by atoms with Crippen LogP contribution in [0.3, 0.4) is 0 Å². The zero-order valence-electron chi connectivity index (χ0n) is 12.5. The molecule has 1 aromatic rings. The minimum Gasteiger partial charge on any atom is -0.299 e. The molecule has 1 aromatic carbocycles. The van der Waals surface area contributed by atoms with Crippen molar-refractivity contribution in [1.82, 2.24) is 5.32 Å². The molecule has 3 nitrogen and oxygen atoms in total. The maximum atomic E-state index is 10.0. The van der Waals surface area contributed by atoms with E-state index < -0.39 is 0 Å². The molecule has 1 aliphatic rings. The van der Waals surface area contributed by atoms with Crippen molar-refractivity contribution in [2.45, 2.75) is 45.2 Å². The third-order valence-corrected chi connectivity index (χ3v) is 3.66. The van der Waals surface area contributed by atoms with Crippen molar-refractivity contribution < 1.29 is 9.95 Å². The molecule has 0 unspecified atom stereocenters. The number of fused-ring (bicyclic) bond motifs is 1. The molecule has 1 atom stereocenters. The number of hydrogen-bond acceptors (Lipinski definition) is 2. The van der Waals surface area contributed by atoms with Crippen molar-refractivity contribution in [3.8, 4) is 12.3 Å². The van der Waals surface area contributed by atoms with Gasteiger partial charge in [-0.25, -0.2) is 0 Å². The van der Waals surface area contributed by atoms with E-state index in [2.05, 4.69) is 29.4 Å².